The molecule has 2 aromatic rings. The first-order chi connectivity index (χ1) is 16.1. The Labute approximate surface area is 202 Å². The molecule has 0 saturated carbocycles. The van der Waals surface area contributed by atoms with E-state index >= 15 is 0 Å². The maximum atomic E-state index is 11.7. The molecule has 0 atom stereocenters. The molecule has 5 nitrogen and oxygen atoms in total. The Balaban J connectivity index is 2.10. The molecule has 2 aromatic carbocycles. The van der Waals surface area contributed by atoms with Crippen molar-refractivity contribution in [2.24, 2.45) is 0 Å². The lowest BCUT2D eigenvalue weighted by Crippen LogP contribution is -2.49. The van der Waals surface area contributed by atoms with E-state index in [1.807, 2.05) is 6.07 Å². The summed E-state index contributed by atoms with van der Waals surface area (Å²) in [6.45, 7) is 4.77. The second-order valence-corrected chi connectivity index (χ2v) is 14.2. The Morgan fingerprint density at radius 2 is 1.74 bits per heavy atom. The van der Waals surface area contributed by atoms with Crippen molar-refractivity contribution in [3.05, 3.63) is 87.6 Å². The maximum Gasteiger partial charge on any atom is 0.335 e. The summed E-state index contributed by atoms with van der Waals surface area (Å²) >= 11 is 0. The van der Waals surface area contributed by atoms with E-state index in [4.69, 9.17) is 0 Å². The quantitative estimate of drug-likeness (QED) is 0.516. The normalized spacial score (nSPS) is 16.1. The summed E-state index contributed by atoms with van der Waals surface area (Å²) in [6, 6.07) is 12.0. The average Bonchev–Trinajstić information content (AvgIpc) is 2.79. The molecule has 4 rings (SSSR count). The van der Waals surface area contributed by atoms with Crippen molar-refractivity contribution in [3.8, 4) is 0 Å². The first kappa shape index (κ1) is 23.9. The molecule has 34 heavy (non-hydrogen) atoms. The fourth-order valence-corrected chi connectivity index (χ4v) is 8.04. The summed E-state index contributed by atoms with van der Waals surface area (Å²) in [5.74, 6) is -0.958. The molecule has 0 saturated heterocycles. The molecule has 0 aromatic heterocycles. The van der Waals surface area contributed by atoms with Gasteiger partial charge in [0.1, 0.15) is 22.2 Å². The van der Waals surface area contributed by atoms with Crippen molar-refractivity contribution >= 4 is 36.2 Å². The fraction of sp³-hybridized carbons (Fsp3) is 0.286. The predicted octanol–water partition coefficient (Wildman–Crippen LogP) is 3.47. The second-order valence-electron chi connectivity index (χ2n) is 9.90. The van der Waals surface area contributed by atoms with Gasteiger partial charge in [0.2, 0.25) is 0 Å². The number of carboxylic acid groups (broad SMARTS) is 1. The molecule has 2 N–H and O–H groups in total. The average molecular weight is 474 g/mol. The predicted molar refractivity (Wildman–Crippen MR) is 142 cm³/mol. The molecule has 0 bridgehead atoms. The lowest BCUT2D eigenvalue weighted by Gasteiger charge is -2.38. The van der Waals surface area contributed by atoms with E-state index in [2.05, 4.69) is 87.2 Å². The maximum absolute atomic E-state index is 11.7. The number of rotatable bonds is 5. The molecular weight excluding hydrogens is 440 g/mol. The van der Waals surface area contributed by atoms with Gasteiger partial charge in [0.25, 0.3) is 0 Å². The van der Waals surface area contributed by atoms with Crippen molar-refractivity contribution in [1.29, 1.82) is 0 Å². The molecule has 1 aliphatic heterocycles. The van der Waals surface area contributed by atoms with E-state index in [0.717, 1.165) is 16.7 Å². The molecule has 1 aliphatic carbocycles. The zero-order valence-corrected chi connectivity index (χ0v) is 21.8. The number of aromatic carboxylic acids is 1. The van der Waals surface area contributed by atoms with Crippen LogP contribution in [0.1, 0.15) is 27.0 Å². The Hall–Kier alpha value is -3.22. The number of aliphatic hydroxyl groups excluding tert-OH is 1. The first-order valence-electron chi connectivity index (χ1n) is 11.5. The van der Waals surface area contributed by atoms with Gasteiger partial charge in [0, 0.05) is 38.5 Å². The van der Waals surface area contributed by atoms with Crippen molar-refractivity contribution in [2.75, 3.05) is 39.7 Å². The number of benzene rings is 2. The van der Waals surface area contributed by atoms with Crippen LogP contribution in [0.3, 0.4) is 0 Å². The third-order valence-electron chi connectivity index (χ3n) is 6.93. The van der Waals surface area contributed by atoms with Crippen LogP contribution in [0, 0.1) is 0 Å². The highest BCUT2D eigenvalue weighted by atomic mass is 28.3. The topological polar surface area (TPSA) is 63.8 Å². The molecule has 1 heterocycles. The zero-order chi connectivity index (χ0) is 24.8. The van der Waals surface area contributed by atoms with Gasteiger partial charge in [-0.2, -0.15) is 0 Å². The summed E-state index contributed by atoms with van der Waals surface area (Å²) in [6.07, 6.45) is 7.09. The minimum atomic E-state index is -2.04. The largest absolute Gasteiger partial charge is 0.478 e. The number of aliphatic hydroxyl groups is 1. The van der Waals surface area contributed by atoms with Gasteiger partial charge in [0.05, 0.1) is 5.56 Å². The second kappa shape index (κ2) is 8.85. The first-order valence-corrected chi connectivity index (χ1v) is 14.5. The Bertz CT molecular complexity index is 1310. The van der Waals surface area contributed by atoms with Crippen molar-refractivity contribution in [2.45, 2.75) is 19.5 Å². The summed E-state index contributed by atoms with van der Waals surface area (Å²) in [4.78, 5) is 13.8. The number of carboxylic acids is 1. The van der Waals surface area contributed by atoms with E-state index in [9.17, 15) is 15.0 Å². The Morgan fingerprint density at radius 3 is 2.35 bits per heavy atom. The van der Waals surface area contributed by atoms with E-state index in [1.54, 1.807) is 12.1 Å². The number of allylic oxidation sites excluding steroid dienone is 5. The van der Waals surface area contributed by atoms with Crippen molar-refractivity contribution < 1.29 is 19.6 Å². The van der Waals surface area contributed by atoms with Gasteiger partial charge in [-0.25, -0.2) is 9.37 Å². The van der Waals surface area contributed by atoms with Crippen LogP contribution in [0.2, 0.25) is 13.1 Å². The summed E-state index contributed by atoms with van der Waals surface area (Å²) in [7, 11) is 6.20. The number of carbonyl (C=O) groups is 1. The summed E-state index contributed by atoms with van der Waals surface area (Å²) in [5.41, 5.74) is 7.94. The van der Waals surface area contributed by atoms with Crippen LogP contribution in [0.5, 0.6) is 0 Å². The molecule has 6 heteroatoms. The van der Waals surface area contributed by atoms with E-state index in [1.165, 1.54) is 32.9 Å². The lowest BCUT2D eigenvalue weighted by molar-refractivity contribution is -0.462. The lowest BCUT2D eigenvalue weighted by atomic mass is 9.86. The number of fused-ring (bicyclic) bond motifs is 2. The highest BCUT2D eigenvalue weighted by molar-refractivity contribution is 6.98. The zero-order valence-electron chi connectivity index (χ0n) is 20.8. The van der Waals surface area contributed by atoms with E-state index in [0.29, 0.717) is 6.42 Å². The van der Waals surface area contributed by atoms with Gasteiger partial charge in [0.15, 0.2) is 5.71 Å². The summed E-state index contributed by atoms with van der Waals surface area (Å²) < 4.78 is 2.13. The summed E-state index contributed by atoms with van der Waals surface area (Å²) in [5, 5.41) is 22.1. The minimum Gasteiger partial charge on any atom is -0.478 e. The van der Waals surface area contributed by atoms with Crippen LogP contribution in [-0.2, 0) is 6.42 Å². The number of hydrogen-bond donors (Lipinski definition) is 2. The smallest absolute Gasteiger partial charge is 0.335 e. The molecule has 0 fully saturated rings. The highest BCUT2D eigenvalue weighted by Crippen LogP contribution is 2.42. The number of anilines is 1. The fourth-order valence-electron chi connectivity index (χ4n) is 4.97. The molecular formula is C28H33N2O3Si+. The minimum absolute atomic E-state index is 0.0392. The van der Waals surface area contributed by atoms with Crippen LogP contribution < -0.4 is 10.1 Å². The van der Waals surface area contributed by atoms with Crippen molar-refractivity contribution in [3.63, 3.8) is 0 Å². The third kappa shape index (κ3) is 3.97. The van der Waals surface area contributed by atoms with E-state index < -0.39 is 14.0 Å². The molecule has 176 valence electrons. The third-order valence-corrected chi connectivity index (χ3v) is 10.4. The van der Waals surface area contributed by atoms with Gasteiger partial charge in [-0.05, 0) is 75.0 Å². The molecule has 0 amide bonds. The van der Waals surface area contributed by atoms with Gasteiger partial charge in [-0.1, -0.05) is 25.2 Å². The van der Waals surface area contributed by atoms with Gasteiger partial charge in [-0.15, -0.1) is 0 Å². The van der Waals surface area contributed by atoms with Gasteiger partial charge < -0.3 is 15.1 Å². The molecule has 0 radical (unpaired) electrons. The SMILES string of the molecule is CN(C)c1ccc2c(c1)[Si](C)(C)C1=CC(=[N+](C)C)C=CC1=C2c1ccc(C(=O)O)cc1CCO. The molecule has 0 unspecified atom stereocenters. The molecule has 2 aliphatic rings. The van der Waals surface area contributed by atoms with Crippen LogP contribution in [-0.4, -0.2) is 69.3 Å². The number of hydrogen-bond acceptors (Lipinski definition) is 3. The standard InChI is InChI=1S/C28H32N2O3Si/c1-29(2)20-8-11-23-25(16-20)34(5,6)26-17-21(30(3)4)9-12-24(26)27(23)22-10-7-19(28(32)33)15-18(22)13-14-31/h7-12,15-17,31H,13-14H2,1-6H3/p+1. The van der Waals surface area contributed by atoms with Gasteiger partial charge in [-0.3, -0.25) is 0 Å². The Morgan fingerprint density at radius 1 is 1.03 bits per heavy atom. The van der Waals surface area contributed by atoms with Gasteiger partial charge >= 0.3 is 5.97 Å². The van der Waals surface area contributed by atoms with E-state index in [-0.39, 0.29) is 12.2 Å². The number of nitrogens with zero attached hydrogens (tertiary/aromatic N) is 2. The van der Waals surface area contributed by atoms with Crippen molar-refractivity contribution in [1.82, 2.24) is 0 Å². The Kier molecular flexibility index (Phi) is 6.23. The van der Waals surface area contributed by atoms with Crippen LogP contribution in [0.4, 0.5) is 5.69 Å². The van der Waals surface area contributed by atoms with Crippen LogP contribution in [0.25, 0.3) is 5.57 Å². The van der Waals surface area contributed by atoms with Crippen LogP contribution >= 0.6 is 0 Å². The van der Waals surface area contributed by atoms with Crippen LogP contribution in [0.15, 0.2) is 65.4 Å². The highest BCUT2D eigenvalue weighted by Gasteiger charge is 2.40. The monoisotopic (exact) mass is 473 g/mol. The molecule has 0 spiro atoms.